The molecule has 1 fully saturated rings. The first kappa shape index (κ1) is 13.4. The summed E-state index contributed by atoms with van der Waals surface area (Å²) in [5, 5.41) is 9.78. The fourth-order valence-corrected chi connectivity index (χ4v) is 2.66. The molecule has 0 aliphatic carbocycles. The Labute approximate surface area is 110 Å². The van der Waals surface area contributed by atoms with Gasteiger partial charge in [-0.25, -0.2) is 0 Å². The molecule has 0 saturated carbocycles. The van der Waals surface area contributed by atoms with Gasteiger partial charge in [-0.1, -0.05) is 6.07 Å². The first-order valence-corrected chi connectivity index (χ1v) is 6.73. The van der Waals surface area contributed by atoms with Gasteiger partial charge in [0.25, 0.3) is 0 Å². The Hall–Kier alpha value is -1.06. The SMILES string of the molecule is Cc1ccc(N2CC(N)CC(C(C)O)C2)cc1C. The minimum absolute atomic E-state index is 0.153. The standard InChI is InChI=1S/C15H24N2O/c1-10-4-5-15(6-11(10)2)17-8-13(12(3)18)7-14(16)9-17/h4-6,12-14,18H,7-9,16H2,1-3H3. The zero-order valence-corrected chi connectivity index (χ0v) is 11.6. The number of hydrogen-bond acceptors (Lipinski definition) is 3. The largest absolute Gasteiger partial charge is 0.393 e. The molecule has 1 saturated heterocycles. The van der Waals surface area contributed by atoms with Gasteiger partial charge in [0.05, 0.1) is 6.10 Å². The van der Waals surface area contributed by atoms with Gasteiger partial charge >= 0.3 is 0 Å². The number of aliphatic hydroxyl groups is 1. The molecule has 0 radical (unpaired) electrons. The van der Waals surface area contributed by atoms with E-state index in [0.717, 1.165) is 19.5 Å². The van der Waals surface area contributed by atoms with E-state index in [9.17, 15) is 5.11 Å². The Bertz CT molecular complexity index is 417. The van der Waals surface area contributed by atoms with E-state index in [1.165, 1.54) is 16.8 Å². The molecular formula is C15H24N2O. The van der Waals surface area contributed by atoms with Gasteiger partial charge in [-0.2, -0.15) is 0 Å². The molecule has 1 aromatic rings. The number of hydrogen-bond donors (Lipinski definition) is 2. The van der Waals surface area contributed by atoms with E-state index >= 15 is 0 Å². The molecule has 18 heavy (non-hydrogen) atoms. The first-order valence-electron chi connectivity index (χ1n) is 6.73. The highest BCUT2D eigenvalue weighted by Crippen LogP contribution is 2.26. The van der Waals surface area contributed by atoms with E-state index < -0.39 is 0 Å². The third-order valence-electron chi connectivity index (χ3n) is 4.05. The lowest BCUT2D eigenvalue weighted by atomic mass is 9.90. The van der Waals surface area contributed by atoms with E-state index in [-0.39, 0.29) is 18.1 Å². The Morgan fingerprint density at radius 3 is 2.61 bits per heavy atom. The Kier molecular flexibility index (Phi) is 3.93. The monoisotopic (exact) mass is 248 g/mol. The normalized spacial score (nSPS) is 26.2. The molecule has 1 aliphatic heterocycles. The summed E-state index contributed by atoms with van der Waals surface area (Å²) in [5.41, 5.74) is 9.94. The molecule has 100 valence electrons. The highest BCUT2D eigenvalue weighted by molar-refractivity contribution is 5.51. The van der Waals surface area contributed by atoms with Crippen LogP contribution < -0.4 is 10.6 Å². The van der Waals surface area contributed by atoms with Crippen LogP contribution in [0.4, 0.5) is 5.69 Å². The maximum atomic E-state index is 9.78. The van der Waals surface area contributed by atoms with Gasteiger partial charge in [0.15, 0.2) is 0 Å². The van der Waals surface area contributed by atoms with Crippen LogP contribution in [0.3, 0.4) is 0 Å². The number of aliphatic hydroxyl groups excluding tert-OH is 1. The van der Waals surface area contributed by atoms with Crippen molar-refractivity contribution in [3.8, 4) is 0 Å². The van der Waals surface area contributed by atoms with Crippen LogP contribution in [0, 0.1) is 19.8 Å². The number of anilines is 1. The van der Waals surface area contributed by atoms with E-state index in [1.807, 2.05) is 6.92 Å². The number of aryl methyl sites for hydroxylation is 2. The smallest absolute Gasteiger partial charge is 0.0557 e. The molecule has 1 aromatic carbocycles. The summed E-state index contributed by atoms with van der Waals surface area (Å²) in [6.07, 6.45) is 0.629. The molecule has 0 amide bonds. The third-order valence-corrected chi connectivity index (χ3v) is 4.05. The average Bonchev–Trinajstić information content (AvgIpc) is 2.31. The van der Waals surface area contributed by atoms with Crippen molar-refractivity contribution in [2.75, 3.05) is 18.0 Å². The summed E-state index contributed by atoms with van der Waals surface area (Å²) in [5.74, 6) is 0.273. The molecule has 0 spiro atoms. The quantitative estimate of drug-likeness (QED) is 0.839. The molecule has 3 atom stereocenters. The van der Waals surface area contributed by atoms with Gasteiger partial charge in [-0.15, -0.1) is 0 Å². The maximum Gasteiger partial charge on any atom is 0.0557 e. The summed E-state index contributed by atoms with van der Waals surface area (Å²) in [6.45, 7) is 7.90. The summed E-state index contributed by atoms with van der Waals surface area (Å²) in [6, 6.07) is 6.67. The summed E-state index contributed by atoms with van der Waals surface area (Å²) in [4.78, 5) is 2.30. The highest BCUT2D eigenvalue weighted by Gasteiger charge is 2.28. The molecule has 3 N–H and O–H groups in total. The predicted octanol–water partition coefficient (Wildman–Crippen LogP) is 1.84. The second-order valence-corrected chi connectivity index (χ2v) is 5.67. The second kappa shape index (κ2) is 5.29. The number of piperidine rings is 1. The van der Waals surface area contributed by atoms with Crippen molar-refractivity contribution in [2.24, 2.45) is 11.7 Å². The van der Waals surface area contributed by atoms with Crippen LogP contribution in [-0.4, -0.2) is 30.3 Å². The minimum atomic E-state index is -0.287. The van der Waals surface area contributed by atoms with Crippen molar-refractivity contribution < 1.29 is 5.11 Å². The molecule has 3 nitrogen and oxygen atoms in total. The van der Waals surface area contributed by atoms with Crippen LogP contribution >= 0.6 is 0 Å². The predicted molar refractivity (Wildman–Crippen MR) is 75.9 cm³/mol. The number of nitrogens with two attached hydrogens (primary N) is 1. The van der Waals surface area contributed by atoms with Gasteiger partial charge in [0.2, 0.25) is 0 Å². The van der Waals surface area contributed by atoms with E-state index in [2.05, 4.69) is 36.9 Å². The van der Waals surface area contributed by atoms with Gasteiger partial charge in [-0.05, 0) is 50.5 Å². The lowest BCUT2D eigenvalue weighted by molar-refractivity contribution is 0.110. The second-order valence-electron chi connectivity index (χ2n) is 5.67. The topological polar surface area (TPSA) is 49.5 Å². The van der Waals surface area contributed by atoms with Crippen molar-refractivity contribution >= 4 is 5.69 Å². The van der Waals surface area contributed by atoms with Crippen LogP contribution in [0.15, 0.2) is 18.2 Å². The Balaban J connectivity index is 2.18. The molecule has 1 aliphatic rings. The first-order chi connectivity index (χ1) is 8.47. The number of benzene rings is 1. The third kappa shape index (κ3) is 2.85. The van der Waals surface area contributed by atoms with Crippen LogP contribution in [0.5, 0.6) is 0 Å². The highest BCUT2D eigenvalue weighted by atomic mass is 16.3. The number of nitrogens with zero attached hydrogens (tertiary/aromatic N) is 1. The van der Waals surface area contributed by atoms with Gasteiger partial charge < -0.3 is 15.7 Å². The van der Waals surface area contributed by atoms with Crippen LogP contribution in [-0.2, 0) is 0 Å². The lowest BCUT2D eigenvalue weighted by Crippen LogP contribution is -2.49. The van der Waals surface area contributed by atoms with E-state index in [0.29, 0.717) is 0 Å². The fraction of sp³-hybridized carbons (Fsp3) is 0.600. The van der Waals surface area contributed by atoms with E-state index in [4.69, 9.17) is 5.73 Å². The molecular weight excluding hydrogens is 224 g/mol. The van der Waals surface area contributed by atoms with Crippen molar-refractivity contribution in [3.05, 3.63) is 29.3 Å². The molecule has 1 heterocycles. The minimum Gasteiger partial charge on any atom is -0.393 e. The van der Waals surface area contributed by atoms with Crippen LogP contribution in [0.25, 0.3) is 0 Å². The Morgan fingerprint density at radius 1 is 1.28 bits per heavy atom. The van der Waals surface area contributed by atoms with Crippen LogP contribution in [0.1, 0.15) is 24.5 Å². The zero-order valence-electron chi connectivity index (χ0n) is 11.6. The van der Waals surface area contributed by atoms with E-state index in [1.54, 1.807) is 0 Å². The summed E-state index contributed by atoms with van der Waals surface area (Å²) >= 11 is 0. The number of rotatable bonds is 2. The molecule has 3 heteroatoms. The van der Waals surface area contributed by atoms with Crippen molar-refractivity contribution in [2.45, 2.75) is 39.3 Å². The summed E-state index contributed by atoms with van der Waals surface area (Å²) < 4.78 is 0. The zero-order chi connectivity index (χ0) is 13.3. The summed E-state index contributed by atoms with van der Waals surface area (Å²) in [7, 11) is 0. The molecule has 2 rings (SSSR count). The Morgan fingerprint density at radius 2 is 2.00 bits per heavy atom. The molecule has 0 bridgehead atoms. The van der Waals surface area contributed by atoms with Crippen molar-refractivity contribution in [1.82, 2.24) is 0 Å². The van der Waals surface area contributed by atoms with Gasteiger partial charge in [0, 0.05) is 30.7 Å². The molecule has 0 aromatic heterocycles. The lowest BCUT2D eigenvalue weighted by Gasteiger charge is -2.39. The van der Waals surface area contributed by atoms with Gasteiger partial charge in [0.1, 0.15) is 0 Å². The maximum absolute atomic E-state index is 9.78. The molecule has 3 unspecified atom stereocenters. The van der Waals surface area contributed by atoms with Crippen molar-refractivity contribution in [1.29, 1.82) is 0 Å². The van der Waals surface area contributed by atoms with Crippen LogP contribution in [0.2, 0.25) is 0 Å². The van der Waals surface area contributed by atoms with Gasteiger partial charge in [-0.3, -0.25) is 0 Å². The average molecular weight is 248 g/mol. The fourth-order valence-electron chi connectivity index (χ4n) is 2.66. The van der Waals surface area contributed by atoms with Crippen molar-refractivity contribution in [3.63, 3.8) is 0 Å².